The summed E-state index contributed by atoms with van der Waals surface area (Å²) in [5, 5.41) is 8.64. The summed E-state index contributed by atoms with van der Waals surface area (Å²) < 4.78 is 68.3. The Kier molecular flexibility index (Phi) is 4.60. The Hall–Kier alpha value is -2.24. The number of carbonyl (C=O) groups is 1. The Labute approximate surface area is 109 Å². The summed E-state index contributed by atoms with van der Waals surface area (Å²) in [7, 11) is 0. The number of esters is 1. The largest absolute Gasteiger partial charge is 0.462 e. The summed E-state index contributed by atoms with van der Waals surface area (Å²) >= 11 is 0. The smallest absolute Gasteiger partial charge is 0.434 e. The molecule has 0 unspecified atom stereocenters. The van der Waals surface area contributed by atoms with Crippen LogP contribution in [0.15, 0.2) is 6.20 Å². The molecule has 20 heavy (non-hydrogen) atoms. The molecule has 0 radical (unpaired) electrons. The maximum absolute atomic E-state index is 12.9. The standard InChI is InChI=1S/C11H7F5N2O2/c1-2-20-10(19)7-6(9(12)13)5(3-17)4-18-8(7)11(14,15)16/h4,9H,2H2,1H3. The van der Waals surface area contributed by atoms with Gasteiger partial charge in [-0.2, -0.15) is 18.4 Å². The van der Waals surface area contributed by atoms with E-state index in [0.29, 0.717) is 6.20 Å². The van der Waals surface area contributed by atoms with E-state index in [2.05, 4.69) is 9.72 Å². The number of alkyl halides is 5. The van der Waals surface area contributed by atoms with Crippen LogP contribution in [0.25, 0.3) is 0 Å². The zero-order valence-corrected chi connectivity index (χ0v) is 9.96. The van der Waals surface area contributed by atoms with Crippen molar-refractivity contribution >= 4 is 5.97 Å². The van der Waals surface area contributed by atoms with Crippen LogP contribution in [0.1, 0.15) is 40.5 Å². The highest BCUT2D eigenvalue weighted by atomic mass is 19.4. The first-order valence-corrected chi connectivity index (χ1v) is 5.19. The fraction of sp³-hybridized carbons (Fsp3) is 0.364. The van der Waals surface area contributed by atoms with Crippen LogP contribution in [0.4, 0.5) is 22.0 Å². The number of nitrogens with zero attached hydrogens (tertiary/aromatic N) is 2. The molecule has 4 nitrogen and oxygen atoms in total. The lowest BCUT2D eigenvalue weighted by Gasteiger charge is -2.15. The third kappa shape index (κ3) is 3.01. The molecule has 1 heterocycles. The van der Waals surface area contributed by atoms with Crippen molar-refractivity contribution < 1.29 is 31.5 Å². The van der Waals surface area contributed by atoms with Crippen molar-refractivity contribution in [3.63, 3.8) is 0 Å². The Bertz CT molecular complexity index is 563. The highest BCUT2D eigenvalue weighted by molar-refractivity contribution is 5.93. The molecule has 0 aliphatic rings. The normalized spacial score (nSPS) is 11.3. The number of halogens is 5. The zero-order chi connectivity index (χ0) is 15.5. The molecule has 1 aromatic rings. The maximum Gasteiger partial charge on any atom is 0.434 e. The minimum Gasteiger partial charge on any atom is -0.462 e. The fourth-order valence-electron chi connectivity index (χ4n) is 1.47. The van der Waals surface area contributed by atoms with Crippen molar-refractivity contribution in [2.45, 2.75) is 19.5 Å². The summed E-state index contributed by atoms with van der Waals surface area (Å²) in [6, 6.07) is 1.28. The first-order chi connectivity index (χ1) is 9.23. The van der Waals surface area contributed by atoms with Crippen molar-refractivity contribution in [1.82, 2.24) is 4.98 Å². The van der Waals surface area contributed by atoms with E-state index in [9.17, 15) is 26.7 Å². The molecule has 0 aliphatic carbocycles. The van der Waals surface area contributed by atoms with Gasteiger partial charge in [0, 0.05) is 6.20 Å². The van der Waals surface area contributed by atoms with Gasteiger partial charge in [-0.05, 0) is 6.92 Å². The number of rotatable bonds is 3. The molecule has 0 spiro atoms. The second-order valence-corrected chi connectivity index (χ2v) is 3.44. The number of ether oxygens (including phenoxy) is 1. The molecule has 0 atom stereocenters. The number of carbonyl (C=O) groups excluding carboxylic acids is 1. The highest BCUT2D eigenvalue weighted by Crippen LogP contribution is 2.36. The van der Waals surface area contributed by atoms with Gasteiger partial charge in [0.2, 0.25) is 0 Å². The predicted molar refractivity (Wildman–Crippen MR) is 54.9 cm³/mol. The van der Waals surface area contributed by atoms with Crippen LogP contribution in [0, 0.1) is 11.3 Å². The van der Waals surface area contributed by atoms with E-state index < -0.39 is 41.0 Å². The van der Waals surface area contributed by atoms with E-state index in [1.165, 1.54) is 13.0 Å². The number of aromatic nitrogens is 1. The van der Waals surface area contributed by atoms with Gasteiger partial charge >= 0.3 is 12.1 Å². The van der Waals surface area contributed by atoms with Gasteiger partial charge in [0.1, 0.15) is 11.6 Å². The van der Waals surface area contributed by atoms with Crippen molar-refractivity contribution in [3.05, 3.63) is 28.6 Å². The average Bonchev–Trinajstić information content (AvgIpc) is 2.35. The second-order valence-electron chi connectivity index (χ2n) is 3.44. The van der Waals surface area contributed by atoms with Crippen LogP contribution in [0.3, 0.4) is 0 Å². The summed E-state index contributed by atoms with van der Waals surface area (Å²) in [4.78, 5) is 14.4. The molecule has 0 fully saturated rings. The van der Waals surface area contributed by atoms with Crippen molar-refractivity contribution in [1.29, 1.82) is 5.26 Å². The highest BCUT2D eigenvalue weighted by Gasteiger charge is 2.41. The summed E-state index contributed by atoms with van der Waals surface area (Å²) in [5.41, 5.74) is -5.36. The Morgan fingerprint density at radius 2 is 2.10 bits per heavy atom. The van der Waals surface area contributed by atoms with Crippen LogP contribution >= 0.6 is 0 Å². The van der Waals surface area contributed by atoms with Gasteiger partial charge in [-0.3, -0.25) is 0 Å². The molecule has 108 valence electrons. The molecule has 1 rings (SSSR count). The van der Waals surface area contributed by atoms with Crippen LogP contribution < -0.4 is 0 Å². The van der Waals surface area contributed by atoms with Crippen LogP contribution in [0.5, 0.6) is 0 Å². The van der Waals surface area contributed by atoms with Crippen molar-refractivity contribution in [2.24, 2.45) is 0 Å². The van der Waals surface area contributed by atoms with E-state index in [1.54, 1.807) is 0 Å². The Morgan fingerprint density at radius 1 is 1.50 bits per heavy atom. The lowest BCUT2D eigenvalue weighted by molar-refractivity contribution is -0.141. The van der Waals surface area contributed by atoms with Gasteiger partial charge in [-0.15, -0.1) is 0 Å². The van der Waals surface area contributed by atoms with E-state index in [0.717, 1.165) is 0 Å². The quantitative estimate of drug-likeness (QED) is 0.635. The Morgan fingerprint density at radius 3 is 2.50 bits per heavy atom. The van der Waals surface area contributed by atoms with Gasteiger partial charge in [0.25, 0.3) is 6.43 Å². The van der Waals surface area contributed by atoms with Crippen molar-refractivity contribution in [3.8, 4) is 6.07 Å². The monoisotopic (exact) mass is 294 g/mol. The lowest BCUT2D eigenvalue weighted by Crippen LogP contribution is -2.20. The molecule has 0 N–H and O–H groups in total. The number of hydrogen-bond donors (Lipinski definition) is 0. The van der Waals surface area contributed by atoms with Crippen LogP contribution in [-0.2, 0) is 10.9 Å². The van der Waals surface area contributed by atoms with Gasteiger partial charge in [-0.1, -0.05) is 0 Å². The van der Waals surface area contributed by atoms with E-state index in [1.807, 2.05) is 0 Å². The molecule has 0 bridgehead atoms. The molecule has 1 aromatic heterocycles. The van der Waals surface area contributed by atoms with Gasteiger partial charge < -0.3 is 4.74 Å². The first kappa shape index (κ1) is 15.8. The fourth-order valence-corrected chi connectivity index (χ4v) is 1.47. The number of pyridine rings is 1. The van der Waals surface area contributed by atoms with Crippen LogP contribution in [-0.4, -0.2) is 17.6 Å². The van der Waals surface area contributed by atoms with E-state index in [-0.39, 0.29) is 6.61 Å². The predicted octanol–water partition coefficient (Wildman–Crippen LogP) is 3.09. The molecular weight excluding hydrogens is 287 g/mol. The van der Waals surface area contributed by atoms with E-state index in [4.69, 9.17) is 5.26 Å². The second kappa shape index (κ2) is 5.81. The summed E-state index contributed by atoms with van der Waals surface area (Å²) in [5.74, 6) is -1.60. The van der Waals surface area contributed by atoms with Gasteiger partial charge in [-0.25, -0.2) is 18.6 Å². The van der Waals surface area contributed by atoms with Gasteiger partial charge in [0.15, 0.2) is 5.69 Å². The molecule has 0 aliphatic heterocycles. The number of hydrogen-bond acceptors (Lipinski definition) is 4. The molecule has 0 saturated carbocycles. The minimum atomic E-state index is -5.13. The molecular formula is C11H7F5N2O2. The van der Waals surface area contributed by atoms with Crippen molar-refractivity contribution in [2.75, 3.05) is 6.61 Å². The topological polar surface area (TPSA) is 63.0 Å². The molecule has 0 aromatic carbocycles. The lowest BCUT2D eigenvalue weighted by atomic mass is 10.0. The van der Waals surface area contributed by atoms with E-state index >= 15 is 0 Å². The maximum atomic E-state index is 12.9. The SMILES string of the molecule is CCOC(=O)c1c(C(F)(F)F)ncc(C#N)c1C(F)F. The summed E-state index contributed by atoms with van der Waals surface area (Å²) in [6.07, 6.45) is -8.22. The molecule has 0 saturated heterocycles. The third-order valence-corrected chi connectivity index (χ3v) is 2.21. The molecule has 0 amide bonds. The first-order valence-electron chi connectivity index (χ1n) is 5.19. The minimum absolute atomic E-state index is 0.310. The number of nitriles is 1. The summed E-state index contributed by atoms with van der Waals surface area (Å²) in [6.45, 7) is 0.990. The van der Waals surface area contributed by atoms with Crippen LogP contribution in [0.2, 0.25) is 0 Å². The average molecular weight is 294 g/mol. The molecule has 9 heteroatoms. The third-order valence-electron chi connectivity index (χ3n) is 2.21. The Balaban J connectivity index is 3.69. The zero-order valence-electron chi connectivity index (χ0n) is 9.96. The van der Waals surface area contributed by atoms with Gasteiger partial charge in [0.05, 0.1) is 17.7 Å².